The minimum absolute atomic E-state index is 0.189. The van der Waals surface area contributed by atoms with Crippen molar-refractivity contribution in [1.82, 2.24) is 0 Å². The van der Waals surface area contributed by atoms with Crippen LogP contribution in [0, 0.1) is 11.6 Å². The molecule has 2 nitrogen and oxygen atoms in total. The molecule has 2 unspecified atom stereocenters. The Labute approximate surface area is 86.5 Å². The second kappa shape index (κ2) is 4.24. The van der Waals surface area contributed by atoms with E-state index in [9.17, 15) is 13.9 Å². The van der Waals surface area contributed by atoms with Crippen molar-refractivity contribution < 1.29 is 18.6 Å². The molecule has 0 saturated carbocycles. The van der Waals surface area contributed by atoms with Crippen molar-refractivity contribution in [2.75, 3.05) is 6.61 Å². The third kappa shape index (κ3) is 2.16. The fraction of sp³-hybridized carbons (Fsp3) is 0.455. The number of aliphatic hydroxyl groups excluding tert-OH is 1. The maximum atomic E-state index is 13.4. The Kier molecular flexibility index (Phi) is 2.98. The van der Waals surface area contributed by atoms with E-state index in [0.717, 1.165) is 6.07 Å². The average Bonchev–Trinajstić information content (AvgIpc) is 2.22. The zero-order valence-electron chi connectivity index (χ0n) is 8.12. The van der Waals surface area contributed by atoms with E-state index < -0.39 is 23.8 Å². The molecular formula is C11H12F2O2. The Morgan fingerprint density at radius 2 is 2.13 bits per heavy atom. The van der Waals surface area contributed by atoms with Crippen LogP contribution in [0.5, 0.6) is 0 Å². The molecule has 15 heavy (non-hydrogen) atoms. The molecule has 4 heteroatoms. The van der Waals surface area contributed by atoms with Gasteiger partial charge in [-0.2, -0.15) is 0 Å². The maximum Gasteiger partial charge on any atom is 0.164 e. The first kappa shape index (κ1) is 10.5. The lowest BCUT2D eigenvalue weighted by atomic mass is 9.99. The zero-order chi connectivity index (χ0) is 10.8. The van der Waals surface area contributed by atoms with Crippen LogP contribution in [0.1, 0.15) is 24.5 Å². The number of rotatable bonds is 1. The van der Waals surface area contributed by atoms with Crippen LogP contribution in [-0.2, 0) is 4.74 Å². The van der Waals surface area contributed by atoms with Crippen LogP contribution in [0.4, 0.5) is 8.78 Å². The second-order valence-electron chi connectivity index (χ2n) is 3.68. The van der Waals surface area contributed by atoms with Crippen molar-refractivity contribution in [1.29, 1.82) is 0 Å². The van der Waals surface area contributed by atoms with E-state index in [1.807, 2.05) is 0 Å². The molecule has 0 radical (unpaired) electrons. The predicted molar refractivity (Wildman–Crippen MR) is 50.3 cm³/mol. The van der Waals surface area contributed by atoms with Crippen LogP contribution in [0.25, 0.3) is 0 Å². The van der Waals surface area contributed by atoms with Crippen LogP contribution in [-0.4, -0.2) is 17.8 Å². The first-order valence-electron chi connectivity index (χ1n) is 4.92. The number of hydrogen-bond acceptors (Lipinski definition) is 2. The van der Waals surface area contributed by atoms with Crippen LogP contribution in [0.3, 0.4) is 0 Å². The van der Waals surface area contributed by atoms with Crippen LogP contribution in [0.15, 0.2) is 18.2 Å². The van der Waals surface area contributed by atoms with E-state index >= 15 is 0 Å². The van der Waals surface area contributed by atoms with Gasteiger partial charge < -0.3 is 9.84 Å². The second-order valence-corrected chi connectivity index (χ2v) is 3.68. The third-order valence-electron chi connectivity index (χ3n) is 2.58. The van der Waals surface area contributed by atoms with Gasteiger partial charge >= 0.3 is 0 Å². The quantitative estimate of drug-likeness (QED) is 0.776. The monoisotopic (exact) mass is 214 g/mol. The van der Waals surface area contributed by atoms with E-state index in [1.165, 1.54) is 12.1 Å². The largest absolute Gasteiger partial charge is 0.393 e. The summed E-state index contributed by atoms with van der Waals surface area (Å²) in [7, 11) is 0. The summed E-state index contributed by atoms with van der Waals surface area (Å²) >= 11 is 0. The Hall–Kier alpha value is -1.00. The molecule has 1 saturated heterocycles. The summed E-state index contributed by atoms with van der Waals surface area (Å²) in [6.45, 7) is 0.377. The number of hydrogen-bond donors (Lipinski definition) is 1. The zero-order valence-corrected chi connectivity index (χ0v) is 8.12. The van der Waals surface area contributed by atoms with Crippen LogP contribution in [0.2, 0.25) is 0 Å². The lowest BCUT2D eigenvalue weighted by Gasteiger charge is -2.27. The average molecular weight is 214 g/mol. The molecule has 1 aliphatic rings. The highest BCUT2D eigenvalue weighted by Gasteiger charge is 2.25. The van der Waals surface area contributed by atoms with Gasteiger partial charge in [-0.1, -0.05) is 12.1 Å². The lowest BCUT2D eigenvalue weighted by molar-refractivity contribution is -0.0463. The number of ether oxygens (including phenoxy) is 1. The molecule has 0 amide bonds. The molecule has 1 aromatic rings. The first-order chi connectivity index (χ1) is 7.18. The summed E-state index contributed by atoms with van der Waals surface area (Å²) in [6.07, 6.45) is -0.163. The van der Waals surface area contributed by atoms with Gasteiger partial charge in [0.2, 0.25) is 0 Å². The van der Waals surface area contributed by atoms with E-state index in [0.29, 0.717) is 19.4 Å². The van der Waals surface area contributed by atoms with Crippen molar-refractivity contribution >= 4 is 0 Å². The van der Waals surface area contributed by atoms with Gasteiger partial charge in [-0.05, 0) is 12.5 Å². The highest BCUT2D eigenvalue weighted by molar-refractivity contribution is 5.21. The summed E-state index contributed by atoms with van der Waals surface area (Å²) in [6, 6.07) is 4.00. The minimum Gasteiger partial charge on any atom is -0.393 e. The molecule has 82 valence electrons. The lowest BCUT2D eigenvalue weighted by Crippen LogP contribution is -2.24. The van der Waals surface area contributed by atoms with Gasteiger partial charge in [-0.15, -0.1) is 0 Å². The fourth-order valence-electron chi connectivity index (χ4n) is 1.77. The van der Waals surface area contributed by atoms with Crippen LogP contribution < -0.4 is 0 Å². The number of benzene rings is 1. The SMILES string of the molecule is OC1CCOC(c2cccc(F)c2F)C1. The predicted octanol–water partition coefficient (Wildman–Crippen LogP) is 2.18. The summed E-state index contributed by atoms with van der Waals surface area (Å²) in [5.41, 5.74) is 0.189. The molecule has 0 aliphatic carbocycles. The van der Waals surface area contributed by atoms with Gasteiger partial charge in [0.15, 0.2) is 11.6 Å². The first-order valence-corrected chi connectivity index (χ1v) is 4.92. The van der Waals surface area contributed by atoms with Gasteiger partial charge in [0, 0.05) is 18.6 Å². The molecule has 0 aromatic heterocycles. The summed E-state index contributed by atoms with van der Waals surface area (Å²) in [5.74, 6) is -1.76. The van der Waals surface area contributed by atoms with Gasteiger partial charge in [-0.3, -0.25) is 0 Å². The maximum absolute atomic E-state index is 13.4. The Morgan fingerprint density at radius 1 is 1.33 bits per heavy atom. The summed E-state index contributed by atoms with van der Waals surface area (Å²) in [5, 5.41) is 9.40. The molecule has 0 bridgehead atoms. The molecule has 1 N–H and O–H groups in total. The molecule has 1 aromatic carbocycles. The van der Waals surface area contributed by atoms with Gasteiger partial charge in [-0.25, -0.2) is 8.78 Å². The van der Waals surface area contributed by atoms with E-state index in [4.69, 9.17) is 4.74 Å². The smallest absolute Gasteiger partial charge is 0.164 e. The summed E-state index contributed by atoms with van der Waals surface area (Å²) < 4.78 is 31.6. The standard InChI is InChI=1S/C11H12F2O2/c12-9-3-1-2-8(11(9)13)10-6-7(14)4-5-15-10/h1-3,7,10,14H,4-6H2. The van der Waals surface area contributed by atoms with Gasteiger partial charge in [0.25, 0.3) is 0 Å². The number of halogens is 2. The van der Waals surface area contributed by atoms with Gasteiger partial charge in [0.05, 0.1) is 12.2 Å². The van der Waals surface area contributed by atoms with E-state index in [2.05, 4.69) is 0 Å². The van der Waals surface area contributed by atoms with E-state index in [-0.39, 0.29) is 5.56 Å². The minimum atomic E-state index is -0.879. The molecular weight excluding hydrogens is 202 g/mol. The Morgan fingerprint density at radius 3 is 2.87 bits per heavy atom. The Balaban J connectivity index is 2.24. The van der Waals surface area contributed by atoms with Gasteiger partial charge in [0.1, 0.15) is 0 Å². The highest BCUT2D eigenvalue weighted by Crippen LogP contribution is 2.30. The molecule has 1 heterocycles. The topological polar surface area (TPSA) is 29.5 Å². The fourth-order valence-corrected chi connectivity index (χ4v) is 1.77. The highest BCUT2D eigenvalue weighted by atomic mass is 19.2. The molecule has 0 spiro atoms. The van der Waals surface area contributed by atoms with Crippen molar-refractivity contribution in [3.63, 3.8) is 0 Å². The van der Waals surface area contributed by atoms with E-state index in [1.54, 1.807) is 0 Å². The number of aliphatic hydroxyl groups is 1. The normalized spacial score (nSPS) is 26.6. The third-order valence-corrected chi connectivity index (χ3v) is 2.58. The van der Waals surface area contributed by atoms with Crippen molar-refractivity contribution in [2.45, 2.75) is 25.0 Å². The molecule has 1 aliphatic heterocycles. The van der Waals surface area contributed by atoms with Crippen LogP contribution >= 0.6 is 0 Å². The molecule has 2 rings (SSSR count). The summed E-state index contributed by atoms with van der Waals surface area (Å²) in [4.78, 5) is 0. The Bertz CT molecular complexity index is 354. The molecule has 1 fully saturated rings. The van der Waals surface area contributed by atoms with Crippen molar-refractivity contribution in [2.24, 2.45) is 0 Å². The molecule has 2 atom stereocenters. The van der Waals surface area contributed by atoms with Crippen molar-refractivity contribution in [3.05, 3.63) is 35.4 Å². The van der Waals surface area contributed by atoms with Crippen molar-refractivity contribution in [3.8, 4) is 0 Å².